The standard InChI is InChI=1S/C24H26N2O3S/c1-17(2)19-10-12-22(13-11-19)30(28,29)23(21-5-4-14-25-15-21)16-26-24(27)20-8-6-18(3)7-9-20/h4-15,17,23H,16H2,1-3H3,(H,26,27). The number of pyridine rings is 1. The Hall–Kier alpha value is -2.99. The Labute approximate surface area is 178 Å². The summed E-state index contributed by atoms with van der Waals surface area (Å²) in [4.78, 5) is 16.8. The number of benzene rings is 2. The van der Waals surface area contributed by atoms with Crippen molar-refractivity contribution in [2.75, 3.05) is 6.54 Å². The predicted molar refractivity (Wildman–Crippen MR) is 118 cm³/mol. The van der Waals surface area contributed by atoms with Crippen molar-refractivity contribution in [1.82, 2.24) is 10.3 Å². The van der Waals surface area contributed by atoms with Gasteiger partial charge in [0.2, 0.25) is 0 Å². The van der Waals surface area contributed by atoms with Gasteiger partial charge in [0.1, 0.15) is 5.25 Å². The molecule has 0 spiro atoms. The number of nitrogens with zero attached hydrogens (tertiary/aromatic N) is 1. The van der Waals surface area contributed by atoms with E-state index in [1.165, 1.54) is 6.20 Å². The van der Waals surface area contributed by atoms with Crippen molar-refractivity contribution in [3.05, 3.63) is 95.3 Å². The summed E-state index contributed by atoms with van der Waals surface area (Å²) in [5.74, 6) is -0.00100. The Morgan fingerprint density at radius 1 is 0.967 bits per heavy atom. The molecule has 0 saturated carbocycles. The van der Waals surface area contributed by atoms with Crippen molar-refractivity contribution in [3.63, 3.8) is 0 Å². The van der Waals surface area contributed by atoms with E-state index in [1.54, 1.807) is 42.6 Å². The van der Waals surface area contributed by atoms with Crippen LogP contribution in [0.15, 0.2) is 78.0 Å². The van der Waals surface area contributed by atoms with Crippen LogP contribution in [0.5, 0.6) is 0 Å². The Morgan fingerprint density at radius 3 is 2.20 bits per heavy atom. The summed E-state index contributed by atoms with van der Waals surface area (Å²) in [5, 5.41) is 1.84. The molecule has 0 aliphatic rings. The maximum Gasteiger partial charge on any atom is 0.251 e. The number of carbonyl (C=O) groups excluding carboxylic acids is 1. The molecule has 1 aromatic heterocycles. The molecule has 3 rings (SSSR count). The first-order valence-electron chi connectivity index (χ1n) is 9.87. The molecule has 0 saturated heterocycles. The van der Waals surface area contributed by atoms with E-state index in [4.69, 9.17) is 0 Å². The van der Waals surface area contributed by atoms with E-state index in [2.05, 4.69) is 24.1 Å². The van der Waals surface area contributed by atoms with Gasteiger partial charge in [-0.1, -0.05) is 49.7 Å². The van der Waals surface area contributed by atoms with Crippen molar-refractivity contribution in [1.29, 1.82) is 0 Å². The van der Waals surface area contributed by atoms with Gasteiger partial charge in [-0.2, -0.15) is 0 Å². The van der Waals surface area contributed by atoms with Crippen molar-refractivity contribution in [2.45, 2.75) is 36.8 Å². The van der Waals surface area contributed by atoms with E-state index < -0.39 is 15.1 Å². The number of sulfone groups is 1. The second-order valence-electron chi connectivity index (χ2n) is 7.62. The van der Waals surface area contributed by atoms with Gasteiger partial charge in [0, 0.05) is 24.5 Å². The van der Waals surface area contributed by atoms with Gasteiger partial charge in [-0.3, -0.25) is 9.78 Å². The zero-order chi connectivity index (χ0) is 21.7. The van der Waals surface area contributed by atoms with Crippen molar-refractivity contribution >= 4 is 15.7 Å². The van der Waals surface area contributed by atoms with Gasteiger partial charge in [0.25, 0.3) is 5.91 Å². The molecule has 0 aliphatic heterocycles. The minimum Gasteiger partial charge on any atom is -0.350 e. The van der Waals surface area contributed by atoms with Gasteiger partial charge in [-0.25, -0.2) is 8.42 Å². The molecule has 0 bridgehead atoms. The Kier molecular flexibility index (Phi) is 6.67. The molecular formula is C24H26N2O3S. The third kappa shape index (κ3) is 4.94. The summed E-state index contributed by atoms with van der Waals surface area (Å²) >= 11 is 0. The Morgan fingerprint density at radius 2 is 1.63 bits per heavy atom. The summed E-state index contributed by atoms with van der Waals surface area (Å²) in [5.41, 5.74) is 3.14. The molecule has 1 N–H and O–H groups in total. The molecule has 156 valence electrons. The van der Waals surface area contributed by atoms with Gasteiger partial charge >= 0.3 is 0 Å². The first-order valence-corrected chi connectivity index (χ1v) is 11.4. The monoisotopic (exact) mass is 422 g/mol. The van der Waals surface area contributed by atoms with Gasteiger partial charge in [0.15, 0.2) is 9.84 Å². The molecule has 30 heavy (non-hydrogen) atoms. The molecule has 1 heterocycles. The lowest BCUT2D eigenvalue weighted by Crippen LogP contribution is -2.32. The van der Waals surface area contributed by atoms with Crippen molar-refractivity contribution < 1.29 is 13.2 Å². The molecule has 1 amide bonds. The fourth-order valence-electron chi connectivity index (χ4n) is 3.17. The minimum absolute atomic E-state index is 0.0489. The summed E-state index contributed by atoms with van der Waals surface area (Å²) in [6.45, 7) is 6.01. The van der Waals surface area contributed by atoms with Crippen LogP contribution in [0.1, 0.15) is 52.1 Å². The van der Waals surface area contributed by atoms with Crippen LogP contribution in [-0.2, 0) is 9.84 Å². The Balaban J connectivity index is 1.88. The molecular weight excluding hydrogens is 396 g/mol. The third-order valence-electron chi connectivity index (χ3n) is 5.07. The van der Waals surface area contributed by atoms with Crippen LogP contribution in [0, 0.1) is 6.92 Å². The molecule has 2 aromatic carbocycles. The number of aromatic nitrogens is 1. The SMILES string of the molecule is Cc1ccc(C(=O)NCC(c2cccnc2)S(=O)(=O)c2ccc(C(C)C)cc2)cc1. The fourth-order valence-corrected chi connectivity index (χ4v) is 4.82. The van der Waals surface area contributed by atoms with Gasteiger partial charge < -0.3 is 5.32 Å². The number of amides is 1. The van der Waals surface area contributed by atoms with E-state index in [9.17, 15) is 13.2 Å². The normalized spacial score (nSPS) is 12.5. The molecule has 5 nitrogen and oxygen atoms in total. The highest BCUT2D eigenvalue weighted by molar-refractivity contribution is 7.91. The second-order valence-corrected chi connectivity index (χ2v) is 9.75. The lowest BCUT2D eigenvalue weighted by atomic mass is 10.0. The number of nitrogens with one attached hydrogen (secondary N) is 1. The van der Waals surface area contributed by atoms with Crippen LogP contribution in [0.2, 0.25) is 0 Å². The highest BCUT2D eigenvalue weighted by Crippen LogP contribution is 2.29. The second kappa shape index (κ2) is 9.22. The molecule has 0 radical (unpaired) electrons. The number of aryl methyl sites for hydroxylation is 1. The first-order chi connectivity index (χ1) is 14.3. The quantitative estimate of drug-likeness (QED) is 0.610. The summed E-state index contributed by atoms with van der Waals surface area (Å²) < 4.78 is 26.9. The Bertz CT molecular complexity index is 1090. The molecule has 3 aromatic rings. The minimum atomic E-state index is -3.74. The third-order valence-corrected chi connectivity index (χ3v) is 7.19. The number of rotatable bonds is 7. The smallest absolute Gasteiger partial charge is 0.251 e. The van der Waals surface area contributed by atoms with E-state index >= 15 is 0 Å². The zero-order valence-corrected chi connectivity index (χ0v) is 18.2. The summed E-state index contributed by atoms with van der Waals surface area (Å²) in [6.07, 6.45) is 3.12. The van der Waals surface area contributed by atoms with Gasteiger partial charge in [-0.15, -0.1) is 0 Å². The van der Waals surface area contributed by atoms with E-state index in [-0.39, 0.29) is 17.3 Å². The highest BCUT2D eigenvalue weighted by atomic mass is 32.2. The first kappa shape index (κ1) is 21.7. The van der Waals surface area contributed by atoms with Crippen LogP contribution < -0.4 is 5.32 Å². The van der Waals surface area contributed by atoms with E-state index in [0.29, 0.717) is 17.0 Å². The lowest BCUT2D eigenvalue weighted by Gasteiger charge is -2.19. The van der Waals surface area contributed by atoms with Crippen molar-refractivity contribution in [2.24, 2.45) is 0 Å². The predicted octanol–water partition coefficient (Wildman–Crippen LogP) is 4.46. The van der Waals surface area contributed by atoms with Gasteiger partial charge in [0.05, 0.1) is 4.90 Å². The fraction of sp³-hybridized carbons (Fsp3) is 0.250. The van der Waals surface area contributed by atoms with E-state index in [1.807, 2.05) is 31.2 Å². The number of hydrogen-bond donors (Lipinski definition) is 1. The molecule has 0 aliphatic carbocycles. The average Bonchev–Trinajstić information content (AvgIpc) is 2.75. The molecule has 6 heteroatoms. The maximum atomic E-state index is 13.4. The largest absolute Gasteiger partial charge is 0.350 e. The van der Waals surface area contributed by atoms with Crippen LogP contribution >= 0.6 is 0 Å². The molecule has 1 unspecified atom stereocenters. The number of carbonyl (C=O) groups is 1. The molecule has 0 fully saturated rings. The lowest BCUT2D eigenvalue weighted by molar-refractivity contribution is 0.0953. The number of hydrogen-bond acceptors (Lipinski definition) is 4. The van der Waals surface area contributed by atoms with Crippen LogP contribution in [0.4, 0.5) is 0 Å². The summed E-state index contributed by atoms with van der Waals surface area (Å²) in [7, 11) is -3.74. The topological polar surface area (TPSA) is 76.1 Å². The van der Waals surface area contributed by atoms with Crippen LogP contribution in [0.3, 0.4) is 0 Å². The summed E-state index contributed by atoms with van der Waals surface area (Å²) in [6, 6.07) is 17.5. The van der Waals surface area contributed by atoms with E-state index in [0.717, 1.165) is 11.1 Å². The highest BCUT2D eigenvalue weighted by Gasteiger charge is 2.30. The van der Waals surface area contributed by atoms with Crippen LogP contribution in [-0.4, -0.2) is 25.9 Å². The van der Waals surface area contributed by atoms with Crippen LogP contribution in [0.25, 0.3) is 0 Å². The maximum absolute atomic E-state index is 13.4. The zero-order valence-electron chi connectivity index (χ0n) is 17.4. The van der Waals surface area contributed by atoms with Gasteiger partial charge in [-0.05, 0) is 54.3 Å². The average molecular weight is 423 g/mol. The van der Waals surface area contributed by atoms with Crippen molar-refractivity contribution in [3.8, 4) is 0 Å². The molecule has 1 atom stereocenters.